The number of halogens is 2. The molecular weight excluding hydrogens is 414 g/mol. The van der Waals surface area contributed by atoms with Gasteiger partial charge in [0.25, 0.3) is 10.1 Å². The van der Waals surface area contributed by atoms with E-state index in [4.69, 9.17) is 4.18 Å². The Labute approximate surface area is 158 Å². The zero-order valence-electron chi connectivity index (χ0n) is 14.6. The van der Waals surface area contributed by atoms with E-state index in [1.54, 1.807) is 0 Å². The van der Waals surface area contributed by atoms with Crippen LogP contribution in [0, 0.1) is 16.7 Å². The molecule has 0 N–H and O–H groups in total. The van der Waals surface area contributed by atoms with Gasteiger partial charge in [-0.25, -0.2) is 4.79 Å². The maximum Gasteiger partial charge on any atom is 0.415 e. The highest BCUT2D eigenvalue weighted by Crippen LogP contribution is 2.64. The molecule has 0 aliphatic heterocycles. The summed E-state index contributed by atoms with van der Waals surface area (Å²) >= 11 is -0.860. The Morgan fingerprint density at radius 2 is 2.04 bits per heavy atom. The molecule has 2 fully saturated rings. The Morgan fingerprint density at radius 3 is 2.56 bits per heavy atom. The monoisotopic (exact) mass is 433 g/mol. The highest BCUT2D eigenvalue weighted by atomic mass is 32.2. The van der Waals surface area contributed by atoms with Gasteiger partial charge >= 0.3 is 11.2 Å². The second-order valence-electron chi connectivity index (χ2n) is 7.06. The number of carbonyl (C=O) groups excluding carboxylic acids is 2. The summed E-state index contributed by atoms with van der Waals surface area (Å²) in [6.45, 7) is 2.25. The van der Waals surface area contributed by atoms with E-state index in [9.17, 15) is 32.0 Å². The predicted octanol–water partition coefficient (Wildman–Crippen LogP) is 0.736. The lowest BCUT2D eigenvalue weighted by molar-refractivity contribution is -0.777. The summed E-state index contributed by atoms with van der Waals surface area (Å²) in [6.07, 6.45) is 1.54. The molecule has 2 saturated carbocycles. The molecule has 2 bridgehead atoms. The molecule has 2 rings (SSSR count). The van der Waals surface area contributed by atoms with Gasteiger partial charge in [0.2, 0.25) is 0 Å². The van der Waals surface area contributed by atoms with Gasteiger partial charge in [0.05, 0.1) is 11.2 Å². The fraction of sp³-hybridized carbons (Fsp3) is 0.857. The Morgan fingerprint density at radius 1 is 1.37 bits per heavy atom. The van der Waals surface area contributed by atoms with E-state index in [1.807, 2.05) is 13.8 Å². The Kier molecular flexibility index (Phi) is 6.54. The number of hydrogen-bond acceptors (Lipinski definition) is 10. The maximum absolute atomic E-state index is 13.1. The highest BCUT2D eigenvalue weighted by Gasteiger charge is 2.65. The number of ether oxygens (including phenoxy) is 1. The number of ketones is 1. The fourth-order valence-corrected chi connectivity index (χ4v) is 5.85. The first-order valence-corrected chi connectivity index (χ1v) is 10.3. The van der Waals surface area contributed by atoms with Crippen LogP contribution in [0.1, 0.15) is 33.1 Å². The van der Waals surface area contributed by atoms with Crippen molar-refractivity contribution in [3.8, 4) is 0 Å². The summed E-state index contributed by atoms with van der Waals surface area (Å²) in [5, 5.41) is 7.98. The van der Waals surface area contributed by atoms with Gasteiger partial charge in [-0.1, -0.05) is 13.8 Å². The second kappa shape index (κ2) is 7.87. The van der Waals surface area contributed by atoms with Crippen LogP contribution in [0.4, 0.5) is 8.78 Å². The molecular formula is C14H19F2O9S2-. The summed E-state index contributed by atoms with van der Waals surface area (Å²) in [6, 6.07) is 0. The number of esters is 1. The molecule has 0 aromatic rings. The Hall–Kier alpha value is -0.860. The summed E-state index contributed by atoms with van der Waals surface area (Å²) in [7, 11) is -4.15. The molecule has 2 unspecified atom stereocenters. The number of carbonyl (C=O) groups is 2. The van der Waals surface area contributed by atoms with Gasteiger partial charge in [0.15, 0.2) is 0 Å². The molecule has 13 heteroatoms. The van der Waals surface area contributed by atoms with Crippen LogP contribution in [-0.4, -0.2) is 44.4 Å². The third-order valence-corrected chi connectivity index (χ3v) is 7.42. The van der Waals surface area contributed by atoms with Crippen molar-refractivity contribution in [3.63, 3.8) is 0 Å². The van der Waals surface area contributed by atoms with Gasteiger partial charge in [-0.05, 0) is 24.2 Å². The molecule has 9 nitrogen and oxygen atoms in total. The highest BCUT2D eigenvalue weighted by molar-refractivity contribution is 7.96. The van der Waals surface area contributed by atoms with E-state index < -0.39 is 63.2 Å². The van der Waals surface area contributed by atoms with Gasteiger partial charge in [-0.2, -0.15) is 21.5 Å². The molecule has 0 amide bonds. The van der Waals surface area contributed by atoms with Crippen molar-refractivity contribution in [2.75, 3.05) is 19.0 Å². The van der Waals surface area contributed by atoms with Crippen molar-refractivity contribution in [1.82, 2.24) is 0 Å². The van der Waals surface area contributed by atoms with Crippen LogP contribution in [0.25, 0.3) is 0 Å². The van der Waals surface area contributed by atoms with E-state index >= 15 is 0 Å². The lowest BCUT2D eigenvalue weighted by Gasteiger charge is -2.35. The van der Waals surface area contributed by atoms with Gasteiger partial charge in [-0.15, -0.1) is 0 Å². The molecule has 0 spiro atoms. The largest absolute Gasteiger partial charge is 0.691 e. The van der Waals surface area contributed by atoms with E-state index in [2.05, 4.69) is 14.1 Å². The lowest BCUT2D eigenvalue weighted by atomic mass is 9.70. The molecule has 2 atom stereocenters. The third-order valence-electron chi connectivity index (χ3n) is 5.55. The first-order chi connectivity index (χ1) is 12.4. The van der Waals surface area contributed by atoms with Crippen LogP contribution >= 0.6 is 12.0 Å². The van der Waals surface area contributed by atoms with Crippen molar-refractivity contribution in [2.45, 2.75) is 38.4 Å². The minimum absolute atomic E-state index is 0.111. The Bertz CT molecular complexity index is 695. The molecule has 0 radical (unpaired) electrons. The summed E-state index contributed by atoms with van der Waals surface area (Å²) in [4.78, 5) is 23.5. The normalized spacial score (nSPS) is 27.1. The van der Waals surface area contributed by atoms with Crippen molar-refractivity contribution in [2.24, 2.45) is 16.7 Å². The van der Waals surface area contributed by atoms with Gasteiger partial charge in [-0.3, -0.25) is 14.0 Å². The number of alkyl halides is 2. The van der Waals surface area contributed by atoms with Crippen LogP contribution in [0.15, 0.2) is 0 Å². The SMILES string of the molecule is CC1(C)C2CCC1(CS(=O)(=O)OCCOC(=O)C(F)(F)SOO[O-])C(=O)C2. The summed E-state index contributed by atoms with van der Waals surface area (Å²) < 4.78 is 63.0. The summed E-state index contributed by atoms with van der Waals surface area (Å²) in [5.74, 6) is -2.55. The number of Topliss-reactive ketones (excluding diaryl/α,β-unsaturated/α-hetero) is 1. The van der Waals surface area contributed by atoms with Crippen molar-refractivity contribution < 1.29 is 50.3 Å². The first kappa shape index (κ1) is 22.4. The maximum atomic E-state index is 13.1. The van der Waals surface area contributed by atoms with E-state index in [1.165, 1.54) is 0 Å². The summed E-state index contributed by atoms with van der Waals surface area (Å²) in [5.41, 5.74) is -1.50. The van der Waals surface area contributed by atoms with E-state index in [0.717, 1.165) is 6.42 Å². The lowest BCUT2D eigenvalue weighted by Crippen LogP contribution is -2.42. The van der Waals surface area contributed by atoms with Crippen LogP contribution < -0.4 is 5.26 Å². The quantitative estimate of drug-likeness (QED) is 0.121. The molecule has 0 heterocycles. The first-order valence-electron chi connectivity index (χ1n) is 7.98. The molecule has 156 valence electrons. The minimum Gasteiger partial charge on any atom is -0.691 e. The zero-order chi connectivity index (χ0) is 20.5. The molecule has 0 aromatic heterocycles. The average molecular weight is 433 g/mol. The molecule has 0 saturated heterocycles. The predicted molar refractivity (Wildman–Crippen MR) is 84.0 cm³/mol. The topological polar surface area (TPSA) is 128 Å². The van der Waals surface area contributed by atoms with Crippen LogP contribution in [0.3, 0.4) is 0 Å². The second-order valence-corrected chi connectivity index (χ2v) is 9.52. The van der Waals surface area contributed by atoms with Crippen molar-refractivity contribution in [3.05, 3.63) is 0 Å². The molecule has 2 aliphatic rings. The van der Waals surface area contributed by atoms with Crippen LogP contribution in [-0.2, 0) is 38.0 Å². The van der Waals surface area contributed by atoms with Crippen molar-refractivity contribution >= 4 is 33.9 Å². The van der Waals surface area contributed by atoms with Gasteiger partial charge in [0.1, 0.15) is 31.0 Å². The van der Waals surface area contributed by atoms with Gasteiger partial charge in [0, 0.05) is 6.42 Å². The number of fused-ring (bicyclic) bond motifs is 2. The number of hydrogen-bond donors (Lipinski definition) is 0. The minimum atomic E-state index is -4.22. The molecule has 2 aliphatic carbocycles. The zero-order valence-corrected chi connectivity index (χ0v) is 16.2. The van der Waals surface area contributed by atoms with Crippen molar-refractivity contribution in [1.29, 1.82) is 0 Å². The van der Waals surface area contributed by atoms with Crippen LogP contribution in [0.5, 0.6) is 0 Å². The molecule has 27 heavy (non-hydrogen) atoms. The van der Waals surface area contributed by atoms with Crippen LogP contribution in [0.2, 0.25) is 0 Å². The van der Waals surface area contributed by atoms with Gasteiger partial charge < -0.3 is 9.99 Å². The average Bonchev–Trinajstić information content (AvgIpc) is 2.90. The van der Waals surface area contributed by atoms with E-state index in [-0.39, 0.29) is 11.7 Å². The molecule has 0 aromatic carbocycles. The third kappa shape index (κ3) is 4.43. The number of rotatable bonds is 10. The Balaban J connectivity index is 1.86. The fourth-order valence-electron chi connectivity index (χ4n) is 3.92. The van der Waals surface area contributed by atoms with E-state index in [0.29, 0.717) is 12.8 Å². The smallest absolute Gasteiger partial charge is 0.415 e. The standard InChI is InChI=1S/C14H20F2O9S2/c1-12(2)9-3-4-13(12,10(17)7-9)8-27(20,21)23-6-5-22-11(18)14(15,16)26-25-24-19/h9,19H,3-8H2,1-2H3/p-1.